The zero-order valence-electron chi connectivity index (χ0n) is 12.9. The summed E-state index contributed by atoms with van der Waals surface area (Å²) in [5.74, 6) is 0.859. The Morgan fingerprint density at radius 1 is 0.826 bits per heavy atom. The third kappa shape index (κ3) is 2.69. The molecular formula is C20H17N2O+. The van der Waals surface area contributed by atoms with E-state index in [1.807, 2.05) is 30.3 Å². The number of benzene rings is 2. The van der Waals surface area contributed by atoms with Crippen molar-refractivity contribution >= 4 is 27.7 Å². The predicted octanol–water partition coefficient (Wildman–Crippen LogP) is 4.33. The average molecular weight is 301 g/mol. The maximum absolute atomic E-state index is 5.19. The zero-order chi connectivity index (χ0) is 15.6. The molecule has 0 atom stereocenters. The highest BCUT2D eigenvalue weighted by atomic mass is 16.5. The van der Waals surface area contributed by atoms with Gasteiger partial charge in [0.1, 0.15) is 5.75 Å². The molecule has 4 rings (SSSR count). The van der Waals surface area contributed by atoms with E-state index in [9.17, 15) is 0 Å². The molecule has 0 spiro atoms. The van der Waals surface area contributed by atoms with Gasteiger partial charge in [0.15, 0.2) is 12.4 Å². The van der Waals surface area contributed by atoms with Crippen LogP contribution in [0.15, 0.2) is 79.1 Å². The molecule has 2 aromatic heterocycles. The fourth-order valence-corrected chi connectivity index (χ4v) is 2.75. The lowest BCUT2D eigenvalue weighted by atomic mass is 10.1. The molecule has 2 heterocycles. The van der Waals surface area contributed by atoms with Gasteiger partial charge in [0.05, 0.1) is 7.11 Å². The van der Waals surface area contributed by atoms with Crippen LogP contribution in [0, 0.1) is 0 Å². The molecule has 0 saturated carbocycles. The van der Waals surface area contributed by atoms with Crippen molar-refractivity contribution < 1.29 is 9.14 Å². The number of hydrogen-bond acceptors (Lipinski definition) is 2. The summed E-state index contributed by atoms with van der Waals surface area (Å²) in [7, 11) is 1.67. The van der Waals surface area contributed by atoms with Crippen molar-refractivity contribution in [2.75, 3.05) is 12.4 Å². The molecule has 1 N–H and O–H groups in total. The summed E-state index contributed by atoms with van der Waals surface area (Å²) in [5.41, 5.74) is 3.30. The maximum atomic E-state index is 5.19. The highest BCUT2D eigenvalue weighted by Gasteiger charge is 2.05. The Hall–Kier alpha value is -3.07. The first-order valence-electron chi connectivity index (χ1n) is 7.57. The van der Waals surface area contributed by atoms with E-state index in [1.165, 1.54) is 16.3 Å². The quantitative estimate of drug-likeness (QED) is 0.450. The third-order valence-corrected chi connectivity index (χ3v) is 3.97. The number of nitrogens with one attached hydrogen (secondary N) is 1. The van der Waals surface area contributed by atoms with Gasteiger partial charge in [0, 0.05) is 35.0 Å². The first-order valence-corrected chi connectivity index (χ1v) is 7.57. The van der Waals surface area contributed by atoms with Crippen LogP contribution in [0.1, 0.15) is 0 Å². The fraction of sp³-hybridized carbons (Fsp3) is 0.0500. The number of fused-ring (bicyclic) bond motifs is 2. The number of rotatable bonds is 3. The van der Waals surface area contributed by atoms with Crippen LogP contribution in [0.25, 0.3) is 16.3 Å². The molecular weight excluding hydrogens is 284 g/mol. The van der Waals surface area contributed by atoms with Gasteiger partial charge in [0.2, 0.25) is 5.52 Å². The molecule has 4 aromatic rings. The second-order valence-corrected chi connectivity index (χ2v) is 5.50. The number of nitrogens with zero attached hydrogens (tertiary/aromatic N) is 1. The Kier molecular flexibility index (Phi) is 3.31. The normalized spacial score (nSPS) is 10.8. The molecule has 3 nitrogen and oxygen atoms in total. The second kappa shape index (κ2) is 5.61. The van der Waals surface area contributed by atoms with Crippen LogP contribution in [0.4, 0.5) is 11.4 Å². The first kappa shape index (κ1) is 13.6. The van der Waals surface area contributed by atoms with E-state index in [-0.39, 0.29) is 0 Å². The van der Waals surface area contributed by atoms with Gasteiger partial charge in [-0.2, -0.15) is 4.40 Å². The minimum atomic E-state index is 0.859. The first-order chi connectivity index (χ1) is 11.3. The number of hydrogen-bond donors (Lipinski definition) is 1. The standard InChI is InChI=1S/C20H16N2O/c1-23-20-9-7-17(8-10-20)21-18-6-5-15-14-22-11-3-2-4-19(22)13-16(15)12-18/h2-14H,1H3/p+1. The molecule has 0 saturated heterocycles. The zero-order valence-corrected chi connectivity index (χ0v) is 12.9. The Balaban J connectivity index is 1.71. The summed E-state index contributed by atoms with van der Waals surface area (Å²) < 4.78 is 7.33. The number of aromatic nitrogens is 1. The van der Waals surface area contributed by atoms with Crippen molar-refractivity contribution in [2.45, 2.75) is 0 Å². The van der Waals surface area contributed by atoms with E-state index < -0.39 is 0 Å². The van der Waals surface area contributed by atoms with Crippen LogP contribution in [0.3, 0.4) is 0 Å². The minimum Gasteiger partial charge on any atom is -0.497 e. The van der Waals surface area contributed by atoms with Crippen molar-refractivity contribution in [3.8, 4) is 5.75 Å². The Morgan fingerprint density at radius 2 is 1.65 bits per heavy atom. The molecule has 0 aliphatic carbocycles. The van der Waals surface area contributed by atoms with Crippen molar-refractivity contribution in [3.05, 3.63) is 79.1 Å². The number of ether oxygens (including phenoxy) is 1. The van der Waals surface area contributed by atoms with E-state index in [4.69, 9.17) is 4.74 Å². The lowest BCUT2D eigenvalue weighted by Crippen LogP contribution is -2.19. The van der Waals surface area contributed by atoms with Gasteiger partial charge in [-0.05, 0) is 53.9 Å². The van der Waals surface area contributed by atoms with Crippen LogP contribution >= 0.6 is 0 Å². The van der Waals surface area contributed by atoms with Crippen LogP contribution in [0.5, 0.6) is 5.75 Å². The number of anilines is 2. The molecule has 0 unspecified atom stereocenters. The van der Waals surface area contributed by atoms with E-state index in [0.29, 0.717) is 0 Å². The molecule has 2 aromatic carbocycles. The lowest BCUT2D eigenvalue weighted by molar-refractivity contribution is -0.510. The van der Waals surface area contributed by atoms with Gasteiger partial charge in [-0.1, -0.05) is 0 Å². The summed E-state index contributed by atoms with van der Waals surface area (Å²) in [5, 5.41) is 5.87. The Bertz CT molecular complexity index is 978. The molecule has 0 fully saturated rings. The summed E-state index contributed by atoms with van der Waals surface area (Å²) in [6.07, 6.45) is 4.22. The van der Waals surface area contributed by atoms with Gasteiger partial charge >= 0.3 is 0 Å². The van der Waals surface area contributed by atoms with E-state index in [2.05, 4.69) is 58.5 Å². The fourth-order valence-electron chi connectivity index (χ4n) is 2.75. The SMILES string of the molecule is COc1ccc(Nc2ccc3c[n+]4ccccc4cc3c2)cc1. The average Bonchev–Trinajstić information content (AvgIpc) is 2.60. The summed E-state index contributed by atoms with van der Waals surface area (Å²) in [6.45, 7) is 0. The van der Waals surface area contributed by atoms with E-state index in [0.717, 1.165) is 17.1 Å². The van der Waals surface area contributed by atoms with Crippen molar-refractivity contribution in [1.82, 2.24) is 0 Å². The molecule has 112 valence electrons. The largest absolute Gasteiger partial charge is 0.497 e. The van der Waals surface area contributed by atoms with Crippen LogP contribution in [-0.2, 0) is 0 Å². The molecule has 0 aliphatic heterocycles. The second-order valence-electron chi connectivity index (χ2n) is 5.50. The molecule has 3 heteroatoms. The summed E-state index contributed by atoms with van der Waals surface area (Å²) in [4.78, 5) is 0. The van der Waals surface area contributed by atoms with Crippen molar-refractivity contribution in [3.63, 3.8) is 0 Å². The number of methoxy groups -OCH3 is 1. The van der Waals surface area contributed by atoms with Gasteiger partial charge in [-0.3, -0.25) is 0 Å². The van der Waals surface area contributed by atoms with Crippen LogP contribution < -0.4 is 14.5 Å². The van der Waals surface area contributed by atoms with E-state index >= 15 is 0 Å². The molecule has 0 amide bonds. The van der Waals surface area contributed by atoms with Crippen molar-refractivity contribution in [2.24, 2.45) is 0 Å². The molecule has 0 radical (unpaired) electrons. The predicted molar refractivity (Wildman–Crippen MR) is 93.4 cm³/mol. The molecule has 0 bridgehead atoms. The molecule has 0 aliphatic rings. The minimum absolute atomic E-state index is 0.859. The van der Waals surface area contributed by atoms with Crippen molar-refractivity contribution in [1.29, 1.82) is 0 Å². The highest BCUT2D eigenvalue weighted by Crippen LogP contribution is 2.23. The highest BCUT2D eigenvalue weighted by molar-refractivity contribution is 5.87. The van der Waals surface area contributed by atoms with Gasteiger partial charge in [-0.25, -0.2) is 0 Å². The molecule has 23 heavy (non-hydrogen) atoms. The van der Waals surface area contributed by atoms with Gasteiger partial charge in [0.25, 0.3) is 0 Å². The third-order valence-electron chi connectivity index (χ3n) is 3.97. The van der Waals surface area contributed by atoms with E-state index in [1.54, 1.807) is 7.11 Å². The smallest absolute Gasteiger partial charge is 0.211 e. The summed E-state index contributed by atoms with van der Waals surface area (Å²) >= 11 is 0. The Morgan fingerprint density at radius 3 is 2.48 bits per heavy atom. The summed E-state index contributed by atoms with van der Waals surface area (Å²) in [6, 6.07) is 22.8. The topological polar surface area (TPSA) is 25.4 Å². The lowest BCUT2D eigenvalue weighted by Gasteiger charge is -2.08. The van der Waals surface area contributed by atoms with Crippen LogP contribution in [-0.4, -0.2) is 7.11 Å². The maximum Gasteiger partial charge on any atom is 0.211 e. The Labute approximate surface area is 134 Å². The van der Waals surface area contributed by atoms with Gasteiger partial charge in [-0.15, -0.1) is 0 Å². The van der Waals surface area contributed by atoms with Crippen LogP contribution in [0.2, 0.25) is 0 Å². The van der Waals surface area contributed by atoms with Gasteiger partial charge < -0.3 is 10.1 Å². The monoisotopic (exact) mass is 301 g/mol. The number of pyridine rings is 2.